The summed E-state index contributed by atoms with van der Waals surface area (Å²) in [4.78, 5) is 2.39. The molecule has 3 heteroatoms. The van der Waals surface area contributed by atoms with Gasteiger partial charge < -0.3 is 4.90 Å². The van der Waals surface area contributed by atoms with Gasteiger partial charge in [0.25, 0.3) is 0 Å². The lowest BCUT2D eigenvalue weighted by Crippen LogP contribution is -2.54. The number of rotatable bonds is 5. The van der Waals surface area contributed by atoms with Gasteiger partial charge in [-0.05, 0) is 43.4 Å². The maximum absolute atomic E-state index is 9.69. The van der Waals surface area contributed by atoms with E-state index in [1.807, 2.05) is 0 Å². The number of nitriles is 1. The quantitative estimate of drug-likeness (QED) is 0.877. The number of para-hydroxylation sites is 1. The number of nitrogens with one attached hydrogen (secondary N) is 1. The van der Waals surface area contributed by atoms with Crippen LogP contribution in [-0.2, 0) is 6.42 Å². The Morgan fingerprint density at radius 3 is 2.89 bits per heavy atom. The summed E-state index contributed by atoms with van der Waals surface area (Å²) in [6, 6.07) is 11.2. The standard InChI is InChI=1S/C16H21N3/c1-2-18-16(11-17,14-7-8-14)12-19-10-9-13-5-3-4-6-15(13)19/h3-6,14,18H,2,7-10,12H2,1H3. The Balaban J connectivity index is 1.82. The summed E-state index contributed by atoms with van der Waals surface area (Å²) in [6.07, 6.45) is 3.49. The molecule has 2 aliphatic rings. The number of hydrogen-bond acceptors (Lipinski definition) is 3. The van der Waals surface area contributed by atoms with Crippen LogP contribution < -0.4 is 10.2 Å². The fourth-order valence-corrected chi connectivity index (χ4v) is 3.26. The van der Waals surface area contributed by atoms with Gasteiger partial charge in [-0.1, -0.05) is 25.1 Å². The molecule has 19 heavy (non-hydrogen) atoms. The second-order valence-corrected chi connectivity index (χ2v) is 5.69. The van der Waals surface area contributed by atoms with E-state index in [1.54, 1.807) is 0 Å². The van der Waals surface area contributed by atoms with Gasteiger partial charge in [-0.25, -0.2) is 0 Å². The molecule has 0 amide bonds. The highest BCUT2D eigenvalue weighted by Gasteiger charge is 2.46. The number of nitrogens with zero attached hydrogens (tertiary/aromatic N) is 2. The summed E-state index contributed by atoms with van der Waals surface area (Å²) >= 11 is 0. The van der Waals surface area contributed by atoms with Gasteiger partial charge in [-0.3, -0.25) is 5.32 Å². The summed E-state index contributed by atoms with van der Waals surface area (Å²) in [5, 5.41) is 13.1. The topological polar surface area (TPSA) is 39.1 Å². The molecule has 0 spiro atoms. The Morgan fingerprint density at radius 1 is 1.42 bits per heavy atom. The first-order chi connectivity index (χ1) is 9.29. The maximum Gasteiger partial charge on any atom is 0.127 e. The predicted octanol–water partition coefficient (Wildman–Crippen LogP) is 2.33. The molecule has 1 fully saturated rings. The summed E-state index contributed by atoms with van der Waals surface area (Å²) in [6.45, 7) is 4.81. The van der Waals surface area contributed by atoms with Crippen LogP contribution in [0.3, 0.4) is 0 Å². The van der Waals surface area contributed by atoms with Gasteiger partial charge in [-0.2, -0.15) is 5.26 Å². The molecule has 0 bridgehead atoms. The van der Waals surface area contributed by atoms with Crippen molar-refractivity contribution in [3.63, 3.8) is 0 Å². The Morgan fingerprint density at radius 2 is 2.21 bits per heavy atom. The zero-order valence-corrected chi connectivity index (χ0v) is 11.5. The molecule has 1 aliphatic carbocycles. The fourth-order valence-electron chi connectivity index (χ4n) is 3.26. The Bertz CT molecular complexity index is 501. The molecular formula is C16H21N3. The molecule has 1 atom stereocenters. The minimum absolute atomic E-state index is 0.355. The SMILES string of the molecule is CCNC(C#N)(CN1CCc2ccccc21)C1CC1. The number of fused-ring (bicyclic) bond motifs is 1. The highest BCUT2D eigenvalue weighted by molar-refractivity contribution is 5.58. The second kappa shape index (κ2) is 4.86. The number of likely N-dealkylation sites (N-methyl/N-ethyl adjacent to an activating group) is 1. The van der Waals surface area contributed by atoms with E-state index in [-0.39, 0.29) is 5.54 Å². The average molecular weight is 255 g/mol. The maximum atomic E-state index is 9.69. The zero-order valence-electron chi connectivity index (χ0n) is 11.5. The molecule has 0 saturated heterocycles. The molecule has 1 aromatic rings. The van der Waals surface area contributed by atoms with Crippen molar-refractivity contribution in [1.29, 1.82) is 5.26 Å². The summed E-state index contributed by atoms with van der Waals surface area (Å²) in [5.41, 5.74) is 2.38. The molecule has 0 radical (unpaired) electrons. The lowest BCUT2D eigenvalue weighted by atomic mass is 9.94. The largest absolute Gasteiger partial charge is 0.368 e. The number of benzene rings is 1. The van der Waals surface area contributed by atoms with Crippen LogP contribution in [0.25, 0.3) is 0 Å². The van der Waals surface area contributed by atoms with E-state index in [2.05, 4.69) is 47.5 Å². The van der Waals surface area contributed by atoms with Crippen LogP contribution in [0.4, 0.5) is 5.69 Å². The predicted molar refractivity (Wildman–Crippen MR) is 77.1 cm³/mol. The number of hydrogen-bond donors (Lipinski definition) is 1. The van der Waals surface area contributed by atoms with E-state index in [9.17, 15) is 5.26 Å². The van der Waals surface area contributed by atoms with Crippen molar-refractivity contribution in [2.24, 2.45) is 5.92 Å². The van der Waals surface area contributed by atoms with Crippen LogP contribution in [0.2, 0.25) is 0 Å². The van der Waals surface area contributed by atoms with Crippen molar-refractivity contribution in [3.05, 3.63) is 29.8 Å². The third kappa shape index (κ3) is 2.21. The summed E-state index contributed by atoms with van der Waals surface area (Å²) in [5.74, 6) is 0.533. The van der Waals surface area contributed by atoms with E-state index in [0.717, 1.165) is 26.1 Å². The lowest BCUT2D eigenvalue weighted by Gasteiger charge is -2.33. The molecule has 1 aliphatic heterocycles. The van der Waals surface area contributed by atoms with Gasteiger partial charge in [0.15, 0.2) is 0 Å². The third-order valence-electron chi connectivity index (χ3n) is 4.39. The first-order valence-corrected chi connectivity index (χ1v) is 7.28. The molecule has 100 valence electrons. The van der Waals surface area contributed by atoms with Crippen LogP contribution in [0, 0.1) is 17.2 Å². The van der Waals surface area contributed by atoms with Crippen molar-refractivity contribution in [3.8, 4) is 6.07 Å². The van der Waals surface area contributed by atoms with E-state index < -0.39 is 0 Å². The average Bonchev–Trinajstić information content (AvgIpc) is 3.22. The summed E-state index contributed by atoms with van der Waals surface area (Å²) < 4.78 is 0. The molecule has 0 aromatic heterocycles. The molecular weight excluding hydrogens is 234 g/mol. The molecule has 3 nitrogen and oxygen atoms in total. The molecule has 1 aromatic carbocycles. The normalized spacial score (nSPS) is 20.7. The highest BCUT2D eigenvalue weighted by Crippen LogP contribution is 2.41. The molecule has 1 N–H and O–H groups in total. The summed E-state index contributed by atoms with van der Waals surface area (Å²) in [7, 11) is 0. The van der Waals surface area contributed by atoms with Crippen LogP contribution in [0.5, 0.6) is 0 Å². The Kier molecular flexibility index (Phi) is 3.20. The first-order valence-electron chi connectivity index (χ1n) is 7.28. The minimum Gasteiger partial charge on any atom is -0.368 e. The molecule has 3 rings (SSSR count). The Labute approximate surface area is 115 Å². The van der Waals surface area contributed by atoms with Gasteiger partial charge in [0.05, 0.1) is 6.07 Å². The highest BCUT2D eigenvalue weighted by atomic mass is 15.2. The van der Waals surface area contributed by atoms with Gasteiger partial charge in [0.1, 0.15) is 5.54 Å². The van der Waals surface area contributed by atoms with Gasteiger partial charge in [0, 0.05) is 18.8 Å². The van der Waals surface area contributed by atoms with Gasteiger partial charge in [-0.15, -0.1) is 0 Å². The van der Waals surface area contributed by atoms with Gasteiger partial charge >= 0.3 is 0 Å². The van der Waals surface area contributed by atoms with E-state index in [4.69, 9.17) is 0 Å². The van der Waals surface area contributed by atoms with Gasteiger partial charge in [0.2, 0.25) is 0 Å². The lowest BCUT2D eigenvalue weighted by molar-refractivity contribution is 0.374. The van der Waals surface area contributed by atoms with E-state index in [1.165, 1.54) is 24.1 Å². The van der Waals surface area contributed by atoms with Crippen molar-refractivity contribution < 1.29 is 0 Å². The number of anilines is 1. The second-order valence-electron chi connectivity index (χ2n) is 5.69. The molecule has 1 heterocycles. The van der Waals surface area contributed by atoms with Crippen molar-refractivity contribution in [2.75, 3.05) is 24.5 Å². The van der Waals surface area contributed by atoms with Crippen molar-refractivity contribution >= 4 is 5.69 Å². The molecule has 1 unspecified atom stereocenters. The first kappa shape index (κ1) is 12.5. The Hall–Kier alpha value is -1.53. The van der Waals surface area contributed by atoms with Crippen LogP contribution in [0.15, 0.2) is 24.3 Å². The fraction of sp³-hybridized carbons (Fsp3) is 0.562. The van der Waals surface area contributed by atoms with E-state index >= 15 is 0 Å². The van der Waals surface area contributed by atoms with Crippen LogP contribution in [-0.4, -0.2) is 25.2 Å². The van der Waals surface area contributed by atoms with Crippen LogP contribution in [0.1, 0.15) is 25.3 Å². The monoisotopic (exact) mass is 255 g/mol. The van der Waals surface area contributed by atoms with Crippen molar-refractivity contribution in [1.82, 2.24) is 5.32 Å². The minimum atomic E-state index is -0.355. The smallest absolute Gasteiger partial charge is 0.127 e. The zero-order chi connectivity index (χ0) is 13.3. The van der Waals surface area contributed by atoms with E-state index in [0.29, 0.717) is 5.92 Å². The third-order valence-corrected chi connectivity index (χ3v) is 4.39. The molecule has 1 saturated carbocycles. The van der Waals surface area contributed by atoms with Crippen molar-refractivity contribution in [2.45, 2.75) is 31.7 Å². The van der Waals surface area contributed by atoms with Crippen LogP contribution >= 0.6 is 0 Å².